The molecule has 1 aromatic heterocycles. The first-order chi connectivity index (χ1) is 12.9. The number of thioether (sulfide) groups is 1. The molecule has 0 radical (unpaired) electrons. The molecule has 1 aromatic carbocycles. The van der Waals surface area contributed by atoms with Crippen molar-refractivity contribution in [1.29, 1.82) is 0 Å². The Morgan fingerprint density at radius 2 is 2.15 bits per heavy atom. The van der Waals surface area contributed by atoms with Crippen LogP contribution in [0.15, 0.2) is 32.6 Å². The highest BCUT2D eigenvalue weighted by Crippen LogP contribution is 2.24. The fourth-order valence-electron chi connectivity index (χ4n) is 2.56. The van der Waals surface area contributed by atoms with Crippen molar-refractivity contribution in [3.63, 3.8) is 0 Å². The Balaban J connectivity index is 1.82. The van der Waals surface area contributed by atoms with Crippen LogP contribution in [0, 0.1) is 0 Å². The number of halogens is 1. The minimum absolute atomic E-state index is 0.135. The van der Waals surface area contributed by atoms with Gasteiger partial charge in [-0.25, -0.2) is 9.78 Å². The van der Waals surface area contributed by atoms with Crippen molar-refractivity contribution in [3.8, 4) is 0 Å². The third kappa shape index (κ3) is 4.90. The topological polar surface area (TPSA) is 93.1 Å². The van der Waals surface area contributed by atoms with Crippen LogP contribution >= 0.6 is 27.7 Å². The van der Waals surface area contributed by atoms with Gasteiger partial charge in [-0.1, -0.05) is 34.6 Å². The quantitative estimate of drug-likeness (QED) is 0.518. The molecule has 27 heavy (non-hydrogen) atoms. The first-order valence-corrected chi connectivity index (χ1v) is 10.5. The lowest BCUT2D eigenvalue weighted by Gasteiger charge is -2.16. The van der Waals surface area contributed by atoms with Gasteiger partial charge in [0.25, 0.3) is 5.56 Å². The Bertz CT molecular complexity index is 942. The Morgan fingerprint density at radius 1 is 1.41 bits per heavy atom. The molecule has 1 heterocycles. The van der Waals surface area contributed by atoms with Crippen LogP contribution in [0.2, 0.25) is 0 Å². The molecule has 1 aliphatic carbocycles. The highest BCUT2D eigenvalue weighted by Gasteiger charge is 2.26. The molecule has 1 fully saturated rings. The van der Waals surface area contributed by atoms with Crippen LogP contribution in [-0.4, -0.2) is 32.8 Å². The van der Waals surface area contributed by atoms with Crippen molar-refractivity contribution in [2.45, 2.75) is 56.1 Å². The lowest BCUT2D eigenvalue weighted by atomic mass is 10.2. The Morgan fingerprint density at radius 3 is 2.81 bits per heavy atom. The van der Waals surface area contributed by atoms with Gasteiger partial charge in [-0.05, 0) is 44.4 Å². The van der Waals surface area contributed by atoms with E-state index >= 15 is 0 Å². The van der Waals surface area contributed by atoms with Crippen LogP contribution in [0.1, 0.15) is 33.1 Å². The molecule has 3 rings (SSSR count). The average molecular weight is 453 g/mol. The van der Waals surface area contributed by atoms with Gasteiger partial charge in [0.15, 0.2) is 5.16 Å². The molecule has 7 nitrogen and oxygen atoms in total. The van der Waals surface area contributed by atoms with E-state index in [1.165, 1.54) is 11.8 Å². The molecule has 0 spiro atoms. The molecule has 144 valence electrons. The highest BCUT2D eigenvalue weighted by atomic mass is 79.9. The van der Waals surface area contributed by atoms with Crippen LogP contribution in [0.25, 0.3) is 10.9 Å². The molecular weight excluding hydrogens is 432 g/mol. The van der Waals surface area contributed by atoms with Crippen LogP contribution in [0.3, 0.4) is 0 Å². The molecule has 0 aliphatic heterocycles. The maximum atomic E-state index is 12.9. The Hall–Kier alpha value is -1.87. The number of nitrogens with zero attached hydrogens (tertiary/aromatic N) is 2. The summed E-state index contributed by atoms with van der Waals surface area (Å²) in [6.45, 7) is 4.18. The second-order valence-electron chi connectivity index (χ2n) is 6.51. The number of nitrogens with one attached hydrogen (secondary N) is 2. The second-order valence-corrected chi connectivity index (χ2v) is 8.73. The summed E-state index contributed by atoms with van der Waals surface area (Å²) in [6.07, 6.45) is 2.66. The fraction of sp³-hybridized carbons (Fsp3) is 0.444. The highest BCUT2D eigenvalue weighted by molar-refractivity contribution is 9.10. The van der Waals surface area contributed by atoms with E-state index in [1.54, 1.807) is 23.6 Å². The van der Waals surface area contributed by atoms with Gasteiger partial charge < -0.3 is 5.32 Å². The Labute approximate surface area is 169 Å². The number of benzene rings is 1. The van der Waals surface area contributed by atoms with Gasteiger partial charge >= 0.3 is 6.03 Å². The zero-order valence-corrected chi connectivity index (χ0v) is 17.5. The molecule has 1 unspecified atom stereocenters. The van der Waals surface area contributed by atoms with Crippen LogP contribution in [-0.2, 0) is 11.3 Å². The van der Waals surface area contributed by atoms with E-state index in [0.29, 0.717) is 22.6 Å². The first-order valence-electron chi connectivity index (χ1n) is 8.87. The van der Waals surface area contributed by atoms with Gasteiger partial charge in [0.1, 0.15) is 0 Å². The molecule has 3 amide bonds. The van der Waals surface area contributed by atoms with Crippen molar-refractivity contribution < 1.29 is 9.59 Å². The summed E-state index contributed by atoms with van der Waals surface area (Å²) in [7, 11) is 0. The van der Waals surface area contributed by atoms with Crippen LogP contribution < -0.4 is 16.2 Å². The predicted molar refractivity (Wildman–Crippen MR) is 109 cm³/mol. The number of imide groups is 1. The maximum Gasteiger partial charge on any atom is 0.321 e. The van der Waals surface area contributed by atoms with Crippen molar-refractivity contribution in [1.82, 2.24) is 20.2 Å². The minimum Gasteiger partial charge on any atom is -0.335 e. The first kappa shape index (κ1) is 19.9. The third-order valence-electron chi connectivity index (χ3n) is 4.13. The molecule has 2 N–H and O–H groups in total. The van der Waals surface area contributed by atoms with Crippen LogP contribution in [0.4, 0.5) is 4.79 Å². The summed E-state index contributed by atoms with van der Waals surface area (Å²) >= 11 is 4.56. The second kappa shape index (κ2) is 8.43. The number of carbonyl (C=O) groups is 2. The standard InChI is InChI=1S/C18H21BrN4O3S/c1-3-8-23-16(25)13-9-11(19)4-7-14(13)21-18(23)27-10(2)15(24)22-17(26)20-12-5-6-12/h4,7,9-10,12H,3,5-6,8H2,1-2H3,(H2,20,22,24,26). The molecule has 9 heteroatoms. The van der Waals surface area contributed by atoms with E-state index in [0.717, 1.165) is 23.7 Å². The van der Waals surface area contributed by atoms with E-state index in [4.69, 9.17) is 0 Å². The van der Waals surface area contributed by atoms with E-state index in [-0.39, 0.29) is 11.6 Å². The van der Waals surface area contributed by atoms with Gasteiger partial charge in [0.05, 0.1) is 16.2 Å². The van der Waals surface area contributed by atoms with Gasteiger partial charge in [-0.3, -0.25) is 19.5 Å². The van der Waals surface area contributed by atoms with Crippen molar-refractivity contribution >= 4 is 50.5 Å². The van der Waals surface area contributed by atoms with Crippen molar-refractivity contribution in [2.24, 2.45) is 0 Å². The van der Waals surface area contributed by atoms with Gasteiger partial charge in [0, 0.05) is 17.1 Å². The van der Waals surface area contributed by atoms with Crippen LogP contribution in [0.5, 0.6) is 0 Å². The lowest BCUT2D eigenvalue weighted by molar-refractivity contribution is -0.119. The molecule has 1 saturated carbocycles. The average Bonchev–Trinajstić information content (AvgIpc) is 3.42. The van der Waals surface area contributed by atoms with Crippen molar-refractivity contribution in [3.05, 3.63) is 33.0 Å². The SMILES string of the molecule is CCCn1c(SC(C)C(=O)NC(=O)NC2CC2)nc2ccc(Br)cc2c1=O. The van der Waals surface area contributed by atoms with E-state index in [2.05, 4.69) is 31.5 Å². The van der Waals surface area contributed by atoms with Gasteiger partial charge in [0.2, 0.25) is 5.91 Å². The lowest BCUT2D eigenvalue weighted by Crippen LogP contribution is -2.43. The number of hydrogen-bond acceptors (Lipinski definition) is 5. The molecule has 0 saturated heterocycles. The van der Waals surface area contributed by atoms with E-state index < -0.39 is 17.2 Å². The molecular formula is C18H21BrN4O3S. The summed E-state index contributed by atoms with van der Waals surface area (Å²) in [5, 5.41) is 5.50. The fourth-order valence-corrected chi connectivity index (χ4v) is 3.85. The van der Waals surface area contributed by atoms with Gasteiger partial charge in [-0.2, -0.15) is 0 Å². The normalized spacial score (nSPS) is 14.8. The molecule has 1 atom stereocenters. The number of rotatable bonds is 6. The van der Waals surface area contributed by atoms with Crippen molar-refractivity contribution in [2.75, 3.05) is 0 Å². The Kier molecular flexibility index (Phi) is 6.21. The number of aromatic nitrogens is 2. The summed E-state index contributed by atoms with van der Waals surface area (Å²) in [4.78, 5) is 41.5. The minimum atomic E-state index is -0.571. The molecule has 1 aliphatic rings. The largest absolute Gasteiger partial charge is 0.335 e. The van der Waals surface area contributed by atoms with E-state index in [9.17, 15) is 14.4 Å². The summed E-state index contributed by atoms with van der Waals surface area (Å²) in [5.41, 5.74) is 0.446. The number of hydrogen-bond donors (Lipinski definition) is 2. The van der Waals surface area contributed by atoms with E-state index in [1.807, 2.05) is 13.0 Å². The zero-order chi connectivity index (χ0) is 19.6. The summed E-state index contributed by atoms with van der Waals surface area (Å²) < 4.78 is 2.40. The summed E-state index contributed by atoms with van der Waals surface area (Å²) in [5.74, 6) is -0.411. The number of fused-ring (bicyclic) bond motifs is 1. The predicted octanol–water partition coefficient (Wildman–Crippen LogP) is 3.04. The molecule has 0 bridgehead atoms. The number of amides is 3. The number of urea groups is 1. The monoisotopic (exact) mass is 452 g/mol. The van der Waals surface area contributed by atoms with Gasteiger partial charge in [-0.15, -0.1) is 0 Å². The smallest absolute Gasteiger partial charge is 0.321 e. The third-order valence-corrected chi connectivity index (χ3v) is 5.71. The molecule has 2 aromatic rings. The zero-order valence-electron chi connectivity index (χ0n) is 15.1. The maximum absolute atomic E-state index is 12.9. The summed E-state index contributed by atoms with van der Waals surface area (Å²) in [6, 6.07) is 5.05. The number of carbonyl (C=O) groups excluding carboxylic acids is 2.